The van der Waals surface area contributed by atoms with Crippen LogP contribution >= 0.6 is 0 Å². The SMILES string of the molecule is CCCn1nnnc1-c1cc(C)cc(N)c1. The molecular weight excluding hydrogens is 202 g/mol. The highest BCUT2D eigenvalue weighted by Crippen LogP contribution is 2.20. The Kier molecular flexibility index (Phi) is 2.85. The molecule has 0 fully saturated rings. The monoisotopic (exact) mass is 217 g/mol. The maximum Gasteiger partial charge on any atom is 0.182 e. The van der Waals surface area contributed by atoms with Gasteiger partial charge in [0.2, 0.25) is 0 Å². The number of rotatable bonds is 3. The van der Waals surface area contributed by atoms with Crippen molar-refractivity contribution in [1.29, 1.82) is 0 Å². The molecule has 2 rings (SSSR count). The van der Waals surface area contributed by atoms with Crippen molar-refractivity contribution in [2.24, 2.45) is 0 Å². The molecule has 0 spiro atoms. The second-order valence-corrected chi connectivity index (χ2v) is 3.86. The Morgan fingerprint density at radius 2 is 2.12 bits per heavy atom. The van der Waals surface area contributed by atoms with Gasteiger partial charge < -0.3 is 5.73 Å². The number of hydrogen-bond donors (Lipinski definition) is 1. The van der Waals surface area contributed by atoms with Gasteiger partial charge in [0, 0.05) is 17.8 Å². The van der Waals surface area contributed by atoms with Crippen molar-refractivity contribution in [3.8, 4) is 11.4 Å². The molecule has 2 N–H and O–H groups in total. The third kappa shape index (κ3) is 2.03. The summed E-state index contributed by atoms with van der Waals surface area (Å²) in [6.45, 7) is 4.92. The average Bonchev–Trinajstić information content (AvgIpc) is 2.65. The van der Waals surface area contributed by atoms with Crippen LogP contribution in [0.5, 0.6) is 0 Å². The van der Waals surface area contributed by atoms with Gasteiger partial charge in [-0.1, -0.05) is 6.92 Å². The Labute approximate surface area is 94.3 Å². The number of nitrogens with two attached hydrogens (primary N) is 1. The van der Waals surface area contributed by atoms with Gasteiger partial charge in [-0.3, -0.25) is 0 Å². The summed E-state index contributed by atoms with van der Waals surface area (Å²) in [5.41, 5.74) is 8.63. The van der Waals surface area contributed by atoms with Crippen molar-refractivity contribution in [2.75, 3.05) is 5.73 Å². The minimum atomic E-state index is 0.737. The quantitative estimate of drug-likeness (QED) is 0.793. The van der Waals surface area contributed by atoms with Crippen molar-refractivity contribution in [2.45, 2.75) is 26.8 Å². The zero-order chi connectivity index (χ0) is 11.5. The number of benzene rings is 1. The largest absolute Gasteiger partial charge is 0.399 e. The maximum atomic E-state index is 5.81. The molecule has 0 amide bonds. The summed E-state index contributed by atoms with van der Waals surface area (Å²) in [7, 11) is 0. The zero-order valence-electron chi connectivity index (χ0n) is 9.51. The molecule has 0 atom stereocenters. The summed E-state index contributed by atoms with van der Waals surface area (Å²) in [5, 5.41) is 11.7. The maximum absolute atomic E-state index is 5.81. The molecule has 0 aliphatic carbocycles. The van der Waals surface area contributed by atoms with Crippen LogP contribution in [0.2, 0.25) is 0 Å². The topological polar surface area (TPSA) is 69.6 Å². The van der Waals surface area contributed by atoms with Crippen molar-refractivity contribution in [3.63, 3.8) is 0 Å². The van der Waals surface area contributed by atoms with Crippen LogP contribution in [0.1, 0.15) is 18.9 Å². The highest BCUT2D eigenvalue weighted by molar-refractivity contribution is 5.62. The van der Waals surface area contributed by atoms with E-state index < -0.39 is 0 Å². The average molecular weight is 217 g/mol. The van der Waals surface area contributed by atoms with Gasteiger partial charge in [-0.25, -0.2) is 4.68 Å². The molecule has 1 aromatic heterocycles. The van der Waals surface area contributed by atoms with Gasteiger partial charge in [0.25, 0.3) is 0 Å². The molecule has 0 aliphatic heterocycles. The van der Waals surface area contributed by atoms with Gasteiger partial charge in [-0.05, 0) is 47.5 Å². The molecule has 0 bridgehead atoms. The van der Waals surface area contributed by atoms with Gasteiger partial charge in [0.05, 0.1) is 0 Å². The van der Waals surface area contributed by atoms with Crippen LogP contribution < -0.4 is 5.73 Å². The van der Waals surface area contributed by atoms with Crippen molar-refractivity contribution < 1.29 is 0 Å². The second-order valence-electron chi connectivity index (χ2n) is 3.86. The number of nitrogens with zero attached hydrogens (tertiary/aromatic N) is 4. The van der Waals surface area contributed by atoms with Crippen LogP contribution in [0.3, 0.4) is 0 Å². The smallest absolute Gasteiger partial charge is 0.182 e. The van der Waals surface area contributed by atoms with E-state index >= 15 is 0 Å². The minimum absolute atomic E-state index is 0.737. The lowest BCUT2D eigenvalue weighted by Crippen LogP contribution is -2.02. The molecule has 1 aromatic carbocycles. The fourth-order valence-corrected chi connectivity index (χ4v) is 1.72. The standard InChI is InChI=1S/C11H15N5/c1-3-4-16-11(13-14-15-16)9-5-8(2)6-10(12)7-9/h5-7H,3-4,12H2,1-2H3. The van der Waals surface area contributed by atoms with Gasteiger partial charge in [0.1, 0.15) is 0 Å². The summed E-state index contributed by atoms with van der Waals surface area (Å²) >= 11 is 0. The highest BCUT2D eigenvalue weighted by Gasteiger charge is 2.08. The van der Waals surface area contributed by atoms with Gasteiger partial charge in [-0.15, -0.1) is 5.10 Å². The van der Waals surface area contributed by atoms with E-state index in [-0.39, 0.29) is 0 Å². The van der Waals surface area contributed by atoms with E-state index in [1.807, 2.05) is 25.1 Å². The predicted octanol–water partition coefficient (Wildman–Crippen LogP) is 1.64. The molecule has 2 aromatic rings. The number of aryl methyl sites for hydroxylation is 2. The Balaban J connectivity index is 2.45. The molecule has 0 aliphatic rings. The van der Waals surface area contributed by atoms with E-state index in [0.29, 0.717) is 0 Å². The molecule has 0 radical (unpaired) electrons. The van der Waals surface area contributed by atoms with Gasteiger partial charge in [-0.2, -0.15) is 0 Å². The Hall–Kier alpha value is -1.91. The number of tetrazole rings is 1. The highest BCUT2D eigenvalue weighted by atomic mass is 15.5. The van der Waals surface area contributed by atoms with E-state index in [2.05, 4.69) is 22.4 Å². The van der Waals surface area contributed by atoms with Crippen molar-refractivity contribution >= 4 is 5.69 Å². The van der Waals surface area contributed by atoms with E-state index in [1.54, 1.807) is 4.68 Å². The Morgan fingerprint density at radius 1 is 1.31 bits per heavy atom. The molecule has 5 heteroatoms. The van der Waals surface area contributed by atoms with E-state index in [4.69, 9.17) is 5.73 Å². The number of anilines is 1. The van der Waals surface area contributed by atoms with Gasteiger partial charge in [0.15, 0.2) is 5.82 Å². The first-order chi connectivity index (χ1) is 7.70. The first-order valence-corrected chi connectivity index (χ1v) is 5.34. The lowest BCUT2D eigenvalue weighted by Gasteiger charge is -2.05. The van der Waals surface area contributed by atoms with E-state index in [1.165, 1.54) is 0 Å². The van der Waals surface area contributed by atoms with Crippen LogP contribution in [-0.2, 0) is 6.54 Å². The Morgan fingerprint density at radius 3 is 2.81 bits per heavy atom. The fourth-order valence-electron chi connectivity index (χ4n) is 1.72. The summed E-state index contributed by atoms with van der Waals surface area (Å²) in [4.78, 5) is 0. The number of hydrogen-bond acceptors (Lipinski definition) is 4. The first kappa shape index (κ1) is 10.6. The van der Waals surface area contributed by atoms with Crippen molar-refractivity contribution in [1.82, 2.24) is 20.2 Å². The summed E-state index contributed by atoms with van der Waals surface area (Å²) in [6.07, 6.45) is 0.999. The third-order valence-corrected chi connectivity index (χ3v) is 2.33. The summed E-state index contributed by atoms with van der Waals surface area (Å²) < 4.78 is 1.80. The number of nitrogen functional groups attached to an aromatic ring is 1. The van der Waals surface area contributed by atoms with Crippen LogP contribution in [0.15, 0.2) is 18.2 Å². The fraction of sp³-hybridized carbons (Fsp3) is 0.364. The summed E-state index contributed by atoms with van der Waals surface area (Å²) in [5.74, 6) is 0.775. The Bertz CT molecular complexity index is 469. The van der Waals surface area contributed by atoms with Gasteiger partial charge >= 0.3 is 0 Å². The second kappa shape index (κ2) is 4.30. The normalized spacial score (nSPS) is 10.6. The van der Waals surface area contributed by atoms with E-state index in [9.17, 15) is 0 Å². The molecule has 0 saturated carbocycles. The van der Waals surface area contributed by atoms with E-state index in [0.717, 1.165) is 35.6 Å². The number of aromatic nitrogens is 4. The van der Waals surface area contributed by atoms with Crippen LogP contribution in [-0.4, -0.2) is 20.2 Å². The lowest BCUT2D eigenvalue weighted by atomic mass is 10.1. The molecule has 5 nitrogen and oxygen atoms in total. The zero-order valence-corrected chi connectivity index (χ0v) is 9.51. The van der Waals surface area contributed by atoms with Crippen molar-refractivity contribution in [3.05, 3.63) is 23.8 Å². The summed E-state index contributed by atoms with van der Waals surface area (Å²) in [6, 6.07) is 5.86. The molecular formula is C11H15N5. The lowest BCUT2D eigenvalue weighted by molar-refractivity contribution is 0.583. The van der Waals surface area contributed by atoms with Crippen LogP contribution in [0.4, 0.5) is 5.69 Å². The first-order valence-electron chi connectivity index (χ1n) is 5.34. The van der Waals surface area contributed by atoms with Crippen LogP contribution in [0.25, 0.3) is 11.4 Å². The minimum Gasteiger partial charge on any atom is -0.399 e. The van der Waals surface area contributed by atoms with Crippen LogP contribution in [0, 0.1) is 6.92 Å². The molecule has 16 heavy (non-hydrogen) atoms. The predicted molar refractivity (Wildman–Crippen MR) is 62.7 cm³/mol. The molecule has 1 heterocycles. The molecule has 84 valence electrons. The molecule has 0 unspecified atom stereocenters. The molecule has 0 saturated heterocycles. The third-order valence-electron chi connectivity index (χ3n) is 2.33.